The number of halogens is 1. The zero-order valence-electron chi connectivity index (χ0n) is 8.68. The fourth-order valence-corrected chi connectivity index (χ4v) is 1.02. The van der Waals surface area contributed by atoms with Crippen molar-refractivity contribution in [3.8, 4) is 17.9 Å². The molecule has 0 atom stereocenters. The summed E-state index contributed by atoms with van der Waals surface area (Å²) in [4.78, 5) is 10.8. The van der Waals surface area contributed by atoms with Crippen molar-refractivity contribution in [2.24, 2.45) is 5.10 Å². The van der Waals surface area contributed by atoms with Crippen molar-refractivity contribution >= 4 is 17.4 Å². The van der Waals surface area contributed by atoms with Gasteiger partial charge in [-0.05, 0) is 6.07 Å². The van der Waals surface area contributed by atoms with E-state index in [1.165, 1.54) is 12.1 Å². The van der Waals surface area contributed by atoms with E-state index in [0.717, 1.165) is 0 Å². The average Bonchev–Trinajstić information content (AvgIpc) is 2.34. The number of carboxylic acids is 1. The molecule has 0 spiro atoms. The lowest BCUT2D eigenvalue weighted by molar-refractivity contribution is 0.0697. The number of carbonyl (C=O) groups is 1. The summed E-state index contributed by atoms with van der Waals surface area (Å²) in [6.07, 6.45) is 0. The molecule has 1 aromatic rings. The Balaban J connectivity index is 3.21. The second-order valence-electron chi connectivity index (χ2n) is 2.95. The van der Waals surface area contributed by atoms with Crippen LogP contribution in [0.25, 0.3) is 0 Å². The summed E-state index contributed by atoms with van der Waals surface area (Å²) in [6.45, 7) is 0. The van der Waals surface area contributed by atoms with Crippen LogP contribution < -0.4 is 5.43 Å². The molecule has 0 bridgehead atoms. The minimum atomic E-state index is -1.43. The van der Waals surface area contributed by atoms with Crippen LogP contribution in [0, 0.1) is 28.5 Å². The Morgan fingerprint density at radius 2 is 2.00 bits per heavy atom. The molecule has 0 aliphatic heterocycles. The molecule has 0 unspecified atom stereocenters. The number of anilines is 1. The molecule has 0 aromatic heterocycles. The van der Waals surface area contributed by atoms with Crippen LogP contribution in [-0.4, -0.2) is 21.9 Å². The molecule has 0 radical (unpaired) electrons. The third-order valence-electron chi connectivity index (χ3n) is 1.82. The Bertz CT molecular complexity index is 597. The Labute approximate surface area is 100 Å². The largest absolute Gasteiger partial charge is 0.505 e. The first-order valence-corrected chi connectivity index (χ1v) is 4.39. The lowest BCUT2D eigenvalue weighted by Crippen LogP contribution is -2.05. The van der Waals surface area contributed by atoms with Gasteiger partial charge in [0.2, 0.25) is 5.71 Å². The molecule has 7 nitrogen and oxygen atoms in total. The first kappa shape index (κ1) is 12.9. The number of aromatic hydroxyl groups is 1. The summed E-state index contributed by atoms with van der Waals surface area (Å²) >= 11 is 0. The van der Waals surface area contributed by atoms with Gasteiger partial charge in [-0.2, -0.15) is 15.6 Å². The molecule has 1 rings (SSSR count). The molecule has 0 amide bonds. The maximum Gasteiger partial charge on any atom is 0.338 e. The van der Waals surface area contributed by atoms with Gasteiger partial charge in [-0.3, -0.25) is 5.43 Å². The minimum absolute atomic E-state index is 0.291. The van der Waals surface area contributed by atoms with E-state index in [-0.39, 0.29) is 5.69 Å². The van der Waals surface area contributed by atoms with Crippen molar-refractivity contribution < 1.29 is 19.4 Å². The van der Waals surface area contributed by atoms with Crippen molar-refractivity contribution in [1.29, 1.82) is 10.5 Å². The molecular weight excluding hydrogens is 243 g/mol. The molecule has 0 fully saturated rings. The van der Waals surface area contributed by atoms with E-state index in [1.807, 2.05) is 0 Å². The molecule has 1 aromatic carbocycles. The van der Waals surface area contributed by atoms with Crippen molar-refractivity contribution in [3.05, 3.63) is 23.5 Å². The van der Waals surface area contributed by atoms with Crippen molar-refractivity contribution in [2.45, 2.75) is 0 Å². The number of nitriles is 2. The predicted molar refractivity (Wildman–Crippen MR) is 57.3 cm³/mol. The van der Waals surface area contributed by atoms with Crippen molar-refractivity contribution in [3.63, 3.8) is 0 Å². The number of nitrogens with zero attached hydrogens (tertiary/aromatic N) is 3. The zero-order valence-corrected chi connectivity index (χ0v) is 8.68. The van der Waals surface area contributed by atoms with Gasteiger partial charge in [0.1, 0.15) is 12.1 Å². The topological polar surface area (TPSA) is 130 Å². The van der Waals surface area contributed by atoms with Gasteiger partial charge in [0.05, 0.1) is 11.3 Å². The monoisotopic (exact) mass is 248 g/mol. The number of hydrazone groups is 1. The van der Waals surface area contributed by atoms with Gasteiger partial charge >= 0.3 is 5.97 Å². The molecule has 0 aliphatic rings. The van der Waals surface area contributed by atoms with E-state index in [0.29, 0.717) is 12.1 Å². The van der Waals surface area contributed by atoms with Crippen LogP contribution in [0.2, 0.25) is 0 Å². The highest BCUT2D eigenvalue weighted by atomic mass is 19.1. The number of carboxylic acid groups (broad SMARTS) is 1. The Kier molecular flexibility index (Phi) is 3.79. The van der Waals surface area contributed by atoms with Crippen LogP contribution in [0.1, 0.15) is 10.4 Å². The van der Waals surface area contributed by atoms with Crippen molar-refractivity contribution in [1.82, 2.24) is 0 Å². The normalized spacial score (nSPS) is 8.83. The fraction of sp³-hybridized carbons (Fsp3) is 0. The molecular formula is C10H5FN4O3. The number of phenols is 1. The molecule has 0 heterocycles. The van der Waals surface area contributed by atoms with E-state index >= 15 is 0 Å². The third-order valence-corrected chi connectivity index (χ3v) is 1.82. The molecule has 90 valence electrons. The summed E-state index contributed by atoms with van der Waals surface area (Å²) in [5, 5.41) is 37.9. The number of phenolic OH excluding ortho intramolecular Hbond substituents is 1. The predicted octanol–water partition coefficient (Wildman–Crippen LogP) is 1.04. The Morgan fingerprint density at radius 3 is 2.50 bits per heavy atom. The van der Waals surface area contributed by atoms with E-state index < -0.39 is 28.8 Å². The SMILES string of the molecule is N#CC(C#N)=NNc1cc(F)c(O)cc1C(=O)O. The first-order chi connectivity index (χ1) is 8.49. The maximum absolute atomic E-state index is 13.0. The van der Waals surface area contributed by atoms with E-state index in [2.05, 4.69) is 10.5 Å². The second kappa shape index (κ2) is 5.27. The van der Waals surface area contributed by atoms with Crippen LogP contribution in [0.15, 0.2) is 17.2 Å². The highest BCUT2D eigenvalue weighted by molar-refractivity contribution is 6.10. The van der Waals surface area contributed by atoms with Crippen molar-refractivity contribution in [2.75, 3.05) is 5.43 Å². The molecule has 3 N–H and O–H groups in total. The summed E-state index contributed by atoms with van der Waals surface area (Å²) < 4.78 is 13.0. The number of nitrogens with one attached hydrogen (secondary N) is 1. The van der Waals surface area contributed by atoms with Crippen LogP contribution >= 0.6 is 0 Å². The van der Waals surface area contributed by atoms with Gasteiger partial charge in [-0.15, -0.1) is 0 Å². The Hall–Kier alpha value is -3.13. The van der Waals surface area contributed by atoms with Crippen LogP contribution in [0.5, 0.6) is 5.75 Å². The smallest absolute Gasteiger partial charge is 0.338 e. The summed E-state index contributed by atoms with van der Waals surface area (Å²) in [5.74, 6) is -3.32. The standard InChI is InChI=1S/C10H5FN4O3/c11-7-2-8(15-14-5(3-12)4-13)6(10(17)18)1-9(7)16/h1-2,15-16H,(H,17,18). The number of aromatic carboxylic acids is 1. The summed E-state index contributed by atoms with van der Waals surface area (Å²) in [5.41, 5.74) is 0.778. The molecule has 18 heavy (non-hydrogen) atoms. The summed E-state index contributed by atoms with van der Waals surface area (Å²) in [7, 11) is 0. The molecule has 0 saturated heterocycles. The number of rotatable bonds is 3. The van der Waals surface area contributed by atoms with E-state index in [1.54, 1.807) is 0 Å². The molecule has 0 aliphatic carbocycles. The van der Waals surface area contributed by atoms with Gasteiger partial charge in [-0.1, -0.05) is 0 Å². The Morgan fingerprint density at radius 1 is 1.39 bits per heavy atom. The fourth-order valence-electron chi connectivity index (χ4n) is 1.02. The van der Waals surface area contributed by atoms with E-state index in [9.17, 15) is 9.18 Å². The van der Waals surface area contributed by atoms with Gasteiger partial charge < -0.3 is 10.2 Å². The number of hydrogen-bond donors (Lipinski definition) is 3. The zero-order chi connectivity index (χ0) is 13.7. The van der Waals surface area contributed by atoms with Crippen LogP contribution in [0.3, 0.4) is 0 Å². The van der Waals surface area contributed by atoms with E-state index in [4.69, 9.17) is 20.7 Å². The number of hydrogen-bond acceptors (Lipinski definition) is 6. The minimum Gasteiger partial charge on any atom is -0.505 e. The summed E-state index contributed by atoms with van der Waals surface area (Å²) in [6, 6.07) is 4.24. The quantitative estimate of drug-likeness (QED) is 0.416. The third kappa shape index (κ3) is 2.71. The first-order valence-electron chi connectivity index (χ1n) is 4.39. The second-order valence-corrected chi connectivity index (χ2v) is 2.95. The van der Waals surface area contributed by atoms with Gasteiger partial charge in [-0.25, -0.2) is 9.18 Å². The van der Waals surface area contributed by atoms with Crippen LogP contribution in [0.4, 0.5) is 10.1 Å². The lowest BCUT2D eigenvalue weighted by Gasteiger charge is -2.06. The highest BCUT2D eigenvalue weighted by Gasteiger charge is 2.14. The van der Waals surface area contributed by atoms with Crippen LogP contribution in [-0.2, 0) is 0 Å². The lowest BCUT2D eigenvalue weighted by atomic mass is 10.1. The van der Waals surface area contributed by atoms with Gasteiger partial charge in [0.25, 0.3) is 0 Å². The number of benzene rings is 1. The average molecular weight is 248 g/mol. The van der Waals surface area contributed by atoms with Gasteiger partial charge in [0.15, 0.2) is 11.6 Å². The molecule has 0 saturated carbocycles. The highest BCUT2D eigenvalue weighted by Crippen LogP contribution is 2.25. The molecule has 8 heteroatoms. The maximum atomic E-state index is 13.0. The van der Waals surface area contributed by atoms with Gasteiger partial charge in [0, 0.05) is 6.07 Å².